The first-order chi connectivity index (χ1) is 9.54. The van der Waals surface area contributed by atoms with Crippen molar-refractivity contribution in [2.24, 2.45) is 0 Å². The Bertz CT molecular complexity index is 493. The Kier molecular flexibility index (Phi) is 5.08. The van der Waals surface area contributed by atoms with E-state index in [-0.39, 0.29) is 5.91 Å². The number of rotatable bonds is 3. The molecule has 1 amide bonds. The van der Waals surface area contributed by atoms with Gasteiger partial charge >= 0.3 is 0 Å². The standard InChI is InChI=1S/C16H22BrNO2/c1-11(2)12-9-13(15(20-3)14(17)10-12)16(19)18-7-5-4-6-8-18/h9-11H,4-8H2,1-3H3. The van der Waals surface area contributed by atoms with Gasteiger partial charge in [-0.05, 0) is 58.8 Å². The molecule has 0 radical (unpaired) electrons. The van der Waals surface area contributed by atoms with Gasteiger partial charge in [0.1, 0.15) is 5.75 Å². The molecule has 0 unspecified atom stereocenters. The third-order valence-corrected chi connectivity index (χ3v) is 4.40. The van der Waals surface area contributed by atoms with Crippen molar-refractivity contribution in [2.75, 3.05) is 20.2 Å². The lowest BCUT2D eigenvalue weighted by Gasteiger charge is -2.28. The van der Waals surface area contributed by atoms with Crippen LogP contribution in [0.5, 0.6) is 5.75 Å². The predicted octanol–water partition coefficient (Wildman–Crippen LogP) is 4.21. The van der Waals surface area contributed by atoms with Crippen molar-refractivity contribution in [3.63, 3.8) is 0 Å². The molecular formula is C16H22BrNO2. The van der Waals surface area contributed by atoms with Crippen molar-refractivity contribution in [3.05, 3.63) is 27.7 Å². The fraction of sp³-hybridized carbons (Fsp3) is 0.562. The van der Waals surface area contributed by atoms with Gasteiger partial charge < -0.3 is 9.64 Å². The number of benzene rings is 1. The molecule has 1 aromatic carbocycles. The molecule has 0 atom stereocenters. The molecule has 1 aliphatic rings. The van der Waals surface area contributed by atoms with Crippen LogP contribution in [0.2, 0.25) is 0 Å². The molecule has 2 rings (SSSR count). The number of likely N-dealkylation sites (tertiary alicyclic amines) is 1. The second-order valence-electron chi connectivity index (χ2n) is 5.59. The number of methoxy groups -OCH3 is 1. The molecule has 20 heavy (non-hydrogen) atoms. The summed E-state index contributed by atoms with van der Waals surface area (Å²) in [5, 5.41) is 0. The van der Waals surface area contributed by atoms with Crippen molar-refractivity contribution in [2.45, 2.75) is 39.0 Å². The number of hydrogen-bond acceptors (Lipinski definition) is 2. The second-order valence-corrected chi connectivity index (χ2v) is 6.45. The van der Waals surface area contributed by atoms with E-state index in [2.05, 4.69) is 29.8 Å². The minimum absolute atomic E-state index is 0.0877. The number of hydrogen-bond donors (Lipinski definition) is 0. The van der Waals surface area contributed by atoms with Gasteiger partial charge in [0.25, 0.3) is 5.91 Å². The lowest BCUT2D eigenvalue weighted by Crippen LogP contribution is -2.35. The molecular weight excluding hydrogens is 318 g/mol. The average Bonchev–Trinajstić information content (AvgIpc) is 2.46. The van der Waals surface area contributed by atoms with E-state index < -0.39 is 0 Å². The number of halogens is 1. The Hall–Kier alpha value is -1.03. The summed E-state index contributed by atoms with van der Waals surface area (Å²) in [5.41, 5.74) is 1.82. The van der Waals surface area contributed by atoms with E-state index in [4.69, 9.17) is 4.74 Å². The predicted molar refractivity (Wildman–Crippen MR) is 84.5 cm³/mol. The zero-order valence-corrected chi connectivity index (χ0v) is 14.0. The van der Waals surface area contributed by atoms with Gasteiger partial charge in [0.05, 0.1) is 17.1 Å². The van der Waals surface area contributed by atoms with E-state index in [1.807, 2.05) is 17.0 Å². The molecule has 1 aliphatic heterocycles. The Labute approximate surface area is 129 Å². The van der Waals surface area contributed by atoms with Crippen molar-refractivity contribution in [1.29, 1.82) is 0 Å². The maximum absolute atomic E-state index is 12.7. The van der Waals surface area contributed by atoms with Crippen LogP contribution in [0.4, 0.5) is 0 Å². The van der Waals surface area contributed by atoms with Gasteiger partial charge in [-0.2, -0.15) is 0 Å². The lowest BCUT2D eigenvalue weighted by atomic mass is 9.99. The van der Waals surface area contributed by atoms with Crippen molar-refractivity contribution in [3.8, 4) is 5.75 Å². The van der Waals surface area contributed by atoms with Gasteiger partial charge in [0.15, 0.2) is 0 Å². The quantitative estimate of drug-likeness (QED) is 0.825. The van der Waals surface area contributed by atoms with Crippen LogP contribution in [-0.2, 0) is 0 Å². The van der Waals surface area contributed by atoms with Gasteiger partial charge in [-0.3, -0.25) is 4.79 Å². The van der Waals surface area contributed by atoms with Crippen LogP contribution >= 0.6 is 15.9 Å². The summed E-state index contributed by atoms with van der Waals surface area (Å²) in [6, 6.07) is 4.02. The fourth-order valence-corrected chi connectivity index (χ4v) is 3.22. The Balaban J connectivity index is 2.39. The second kappa shape index (κ2) is 6.61. The monoisotopic (exact) mass is 339 g/mol. The first kappa shape index (κ1) is 15.4. The van der Waals surface area contributed by atoms with E-state index in [1.165, 1.54) is 6.42 Å². The third kappa shape index (κ3) is 3.17. The number of amides is 1. The lowest BCUT2D eigenvalue weighted by molar-refractivity contribution is 0.0720. The first-order valence-electron chi connectivity index (χ1n) is 7.21. The number of nitrogens with zero attached hydrogens (tertiary/aromatic N) is 1. The highest BCUT2D eigenvalue weighted by Crippen LogP contribution is 2.34. The van der Waals surface area contributed by atoms with Crippen molar-refractivity contribution < 1.29 is 9.53 Å². The van der Waals surface area contributed by atoms with Crippen LogP contribution in [0.15, 0.2) is 16.6 Å². The van der Waals surface area contributed by atoms with Gasteiger partial charge in [-0.25, -0.2) is 0 Å². The molecule has 0 N–H and O–H groups in total. The van der Waals surface area contributed by atoms with E-state index >= 15 is 0 Å². The summed E-state index contributed by atoms with van der Waals surface area (Å²) in [6.07, 6.45) is 3.41. The van der Waals surface area contributed by atoms with Gasteiger partial charge in [-0.15, -0.1) is 0 Å². The smallest absolute Gasteiger partial charge is 0.257 e. The fourth-order valence-electron chi connectivity index (χ4n) is 2.58. The minimum Gasteiger partial charge on any atom is -0.495 e. The molecule has 0 aromatic heterocycles. The Morgan fingerprint density at radius 1 is 1.25 bits per heavy atom. The van der Waals surface area contributed by atoms with Crippen LogP contribution in [0, 0.1) is 0 Å². The van der Waals surface area contributed by atoms with Gasteiger partial charge in [0, 0.05) is 13.1 Å². The van der Waals surface area contributed by atoms with E-state index in [1.54, 1.807) is 7.11 Å². The maximum atomic E-state index is 12.7. The van der Waals surface area contributed by atoms with Crippen LogP contribution in [-0.4, -0.2) is 31.0 Å². The van der Waals surface area contributed by atoms with E-state index in [9.17, 15) is 4.79 Å². The number of carbonyl (C=O) groups is 1. The third-order valence-electron chi connectivity index (χ3n) is 3.81. The molecule has 0 bridgehead atoms. The molecule has 1 heterocycles. The molecule has 0 aliphatic carbocycles. The Morgan fingerprint density at radius 2 is 1.90 bits per heavy atom. The summed E-state index contributed by atoms with van der Waals surface area (Å²) >= 11 is 3.52. The van der Waals surface area contributed by atoms with E-state index in [0.29, 0.717) is 17.2 Å². The first-order valence-corrected chi connectivity index (χ1v) is 8.00. The highest BCUT2D eigenvalue weighted by atomic mass is 79.9. The molecule has 4 heteroatoms. The highest BCUT2D eigenvalue weighted by molar-refractivity contribution is 9.10. The van der Waals surface area contributed by atoms with Crippen molar-refractivity contribution >= 4 is 21.8 Å². The summed E-state index contributed by atoms with van der Waals surface area (Å²) in [4.78, 5) is 14.7. The number of ether oxygens (including phenoxy) is 1. The number of piperidine rings is 1. The minimum atomic E-state index is 0.0877. The highest BCUT2D eigenvalue weighted by Gasteiger charge is 2.23. The van der Waals surface area contributed by atoms with Crippen molar-refractivity contribution in [1.82, 2.24) is 4.90 Å². The summed E-state index contributed by atoms with van der Waals surface area (Å²) in [7, 11) is 1.61. The normalized spacial score (nSPS) is 15.6. The zero-order valence-electron chi connectivity index (χ0n) is 12.4. The maximum Gasteiger partial charge on any atom is 0.257 e. The molecule has 110 valence electrons. The summed E-state index contributed by atoms with van der Waals surface area (Å²) < 4.78 is 6.28. The van der Waals surface area contributed by atoms with Crippen LogP contribution in [0.1, 0.15) is 54.9 Å². The Morgan fingerprint density at radius 3 is 2.45 bits per heavy atom. The summed E-state index contributed by atoms with van der Waals surface area (Å²) in [6.45, 7) is 5.96. The van der Waals surface area contributed by atoms with E-state index in [0.717, 1.165) is 36.0 Å². The SMILES string of the molecule is COc1c(Br)cc(C(C)C)cc1C(=O)N1CCCCC1. The molecule has 3 nitrogen and oxygen atoms in total. The topological polar surface area (TPSA) is 29.5 Å². The molecule has 0 saturated carbocycles. The van der Waals surface area contributed by atoms with Crippen LogP contribution < -0.4 is 4.74 Å². The molecule has 0 spiro atoms. The van der Waals surface area contributed by atoms with Gasteiger partial charge in [-0.1, -0.05) is 13.8 Å². The zero-order chi connectivity index (χ0) is 14.7. The summed E-state index contributed by atoms with van der Waals surface area (Å²) in [5.74, 6) is 1.11. The average molecular weight is 340 g/mol. The molecule has 1 saturated heterocycles. The largest absolute Gasteiger partial charge is 0.495 e. The molecule has 1 fully saturated rings. The molecule has 1 aromatic rings. The van der Waals surface area contributed by atoms with Gasteiger partial charge in [0.2, 0.25) is 0 Å². The number of carbonyl (C=O) groups excluding carboxylic acids is 1. The van der Waals surface area contributed by atoms with Crippen LogP contribution in [0.3, 0.4) is 0 Å². The van der Waals surface area contributed by atoms with Crippen LogP contribution in [0.25, 0.3) is 0 Å².